The Hall–Kier alpha value is -2.67. The summed E-state index contributed by atoms with van der Waals surface area (Å²) in [4.78, 5) is 24.6. The van der Waals surface area contributed by atoms with Gasteiger partial charge in [-0.05, 0) is 19.1 Å². The van der Waals surface area contributed by atoms with Crippen molar-refractivity contribution in [1.29, 1.82) is 0 Å². The van der Waals surface area contributed by atoms with Gasteiger partial charge in [0, 0.05) is 37.3 Å². The number of benzene rings is 1. The Labute approximate surface area is 133 Å². The molecule has 0 atom stereocenters. The van der Waals surface area contributed by atoms with E-state index in [-0.39, 0.29) is 11.8 Å². The number of hydrogen-bond acceptors (Lipinski definition) is 4. The molecule has 1 aliphatic heterocycles. The van der Waals surface area contributed by atoms with Crippen molar-refractivity contribution < 1.29 is 9.59 Å². The van der Waals surface area contributed by atoms with Crippen LogP contribution in [0.4, 0.5) is 5.69 Å². The standard InChI is InChI=1S/C16H19N5O2/c1-2-18-15(22)10-5-3-4-6-12(10)19-16(23)14-11-9-17-8-7-13(11)20-21-14/h3-6,17H,2,7-9H2,1H3,(H,18,22)(H,19,23)(H,20,21). The van der Waals surface area contributed by atoms with Crippen molar-refractivity contribution in [2.45, 2.75) is 19.9 Å². The molecular formula is C16H19N5O2. The molecule has 0 fully saturated rings. The first-order chi connectivity index (χ1) is 11.2. The highest BCUT2D eigenvalue weighted by Crippen LogP contribution is 2.19. The van der Waals surface area contributed by atoms with E-state index < -0.39 is 0 Å². The van der Waals surface area contributed by atoms with Crippen molar-refractivity contribution in [2.24, 2.45) is 0 Å². The summed E-state index contributed by atoms with van der Waals surface area (Å²) < 4.78 is 0. The Balaban J connectivity index is 1.84. The quantitative estimate of drug-likeness (QED) is 0.678. The number of nitrogens with one attached hydrogen (secondary N) is 4. The summed E-state index contributed by atoms with van der Waals surface area (Å²) in [5, 5.41) is 15.8. The largest absolute Gasteiger partial charge is 0.352 e. The second-order valence-corrected chi connectivity index (χ2v) is 5.32. The molecule has 4 N–H and O–H groups in total. The molecule has 0 aliphatic carbocycles. The maximum absolute atomic E-state index is 12.5. The lowest BCUT2D eigenvalue weighted by molar-refractivity contribution is 0.0956. The number of aromatic amines is 1. The van der Waals surface area contributed by atoms with Crippen LogP contribution in [0.1, 0.15) is 39.0 Å². The minimum Gasteiger partial charge on any atom is -0.352 e. The molecular weight excluding hydrogens is 294 g/mol. The molecule has 0 saturated carbocycles. The zero-order valence-electron chi connectivity index (χ0n) is 12.9. The molecule has 0 radical (unpaired) electrons. The minimum absolute atomic E-state index is 0.214. The summed E-state index contributed by atoms with van der Waals surface area (Å²) in [5.74, 6) is -0.530. The van der Waals surface area contributed by atoms with E-state index in [1.807, 2.05) is 6.92 Å². The fourth-order valence-electron chi connectivity index (χ4n) is 2.64. The van der Waals surface area contributed by atoms with E-state index in [4.69, 9.17) is 0 Å². The Morgan fingerprint density at radius 2 is 2.09 bits per heavy atom. The van der Waals surface area contributed by atoms with Gasteiger partial charge in [-0.3, -0.25) is 14.7 Å². The molecule has 2 heterocycles. The Morgan fingerprint density at radius 3 is 2.91 bits per heavy atom. The van der Waals surface area contributed by atoms with Gasteiger partial charge >= 0.3 is 0 Å². The monoisotopic (exact) mass is 313 g/mol. The Kier molecular flexibility index (Phi) is 4.38. The van der Waals surface area contributed by atoms with Crippen LogP contribution in [0, 0.1) is 0 Å². The Morgan fingerprint density at radius 1 is 1.26 bits per heavy atom. The fraction of sp³-hybridized carbons (Fsp3) is 0.312. The number of aromatic nitrogens is 2. The predicted octanol–water partition coefficient (Wildman–Crippen LogP) is 1.06. The maximum atomic E-state index is 12.5. The average molecular weight is 313 g/mol. The minimum atomic E-state index is -0.317. The number of fused-ring (bicyclic) bond motifs is 1. The first-order valence-corrected chi connectivity index (χ1v) is 7.66. The first-order valence-electron chi connectivity index (χ1n) is 7.66. The molecule has 2 aromatic rings. The Bertz CT molecular complexity index is 738. The number of H-pyrrole nitrogens is 1. The maximum Gasteiger partial charge on any atom is 0.276 e. The van der Waals surface area contributed by atoms with Crippen LogP contribution in [-0.4, -0.2) is 35.1 Å². The number of nitrogens with zero attached hydrogens (tertiary/aromatic N) is 1. The molecule has 0 saturated heterocycles. The van der Waals surface area contributed by atoms with Gasteiger partial charge in [0.25, 0.3) is 11.8 Å². The summed E-state index contributed by atoms with van der Waals surface area (Å²) >= 11 is 0. The summed E-state index contributed by atoms with van der Waals surface area (Å²) in [5.41, 5.74) is 3.17. The summed E-state index contributed by atoms with van der Waals surface area (Å²) in [6.07, 6.45) is 0.825. The van der Waals surface area contributed by atoms with E-state index in [0.717, 1.165) is 24.2 Å². The van der Waals surface area contributed by atoms with Crippen LogP contribution in [0.25, 0.3) is 0 Å². The van der Waals surface area contributed by atoms with Gasteiger partial charge in [-0.25, -0.2) is 0 Å². The highest BCUT2D eigenvalue weighted by Gasteiger charge is 2.22. The van der Waals surface area contributed by atoms with Gasteiger partial charge in [0.15, 0.2) is 5.69 Å². The zero-order chi connectivity index (χ0) is 16.2. The number of para-hydroxylation sites is 1. The third kappa shape index (κ3) is 3.09. The van der Waals surface area contributed by atoms with Crippen LogP contribution in [0.15, 0.2) is 24.3 Å². The third-order valence-electron chi connectivity index (χ3n) is 3.78. The number of anilines is 1. The van der Waals surface area contributed by atoms with Crippen molar-refractivity contribution in [3.05, 3.63) is 46.8 Å². The molecule has 3 rings (SSSR count). The van der Waals surface area contributed by atoms with Gasteiger partial charge in [-0.2, -0.15) is 5.10 Å². The molecule has 2 amide bonds. The van der Waals surface area contributed by atoms with Gasteiger partial charge in [0.2, 0.25) is 0 Å². The SMILES string of the molecule is CCNC(=O)c1ccccc1NC(=O)c1n[nH]c2c1CNCC2. The van der Waals surface area contributed by atoms with Gasteiger partial charge in [-0.15, -0.1) is 0 Å². The summed E-state index contributed by atoms with van der Waals surface area (Å²) in [6.45, 7) is 3.87. The lowest BCUT2D eigenvalue weighted by Gasteiger charge is -2.13. The van der Waals surface area contributed by atoms with Crippen molar-refractivity contribution in [2.75, 3.05) is 18.4 Å². The molecule has 7 heteroatoms. The lowest BCUT2D eigenvalue weighted by Crippen LogP contribution is -2.26. The molecule has 0 spiro atoms. The third-order valence-corrected chi connectivity index (χ3v) is 3.78. The molecule has 23 heavy (non-hydrogen) atoms. The fourth-order valence-corrected chi connectivity index (χ4v) is 2.64. The van der Waals surface area contributed by atoms with Crippen LogP contribution in [0.2, 0.25) is 0 Å². The van der Waals surface area contributed by atoms with Crippen molar-refractivity contribution in [3.8, 4) is 0 Å². The molecule has 0 bridgehead atoms. The highest BCUT2D eigenvalue weighted by atomic mass is 16.2. The summed E-state index contributed by atoms with van der Waals surface area (Å²) in [7, 11) is 0. The van der Waals surface area contributed by atoms with E-state index in [9.17, 15) is 9.59 Å². The van der Waals surface area contributed by atoms with Gasteiger partial charge < -0.3 is 16.0 Å². The number of amides is 2. The van der Waals surface area contributed by atoms with Crippen molar-refractivity contribution in [3.63, 3.8) is 0 Å². The second kappa shape index (κ2) is 6.62. The molecule has 1 aromatic heterocycles. The van der Waals surface area contributed by atoms with E-state index >= 15 is 0 Å². The number of carbonyl (C=O) groups excluding carboxylic acids is 2. The van der Waals surface area contributed by atoms with E-state index in [0.29, 0.717) is 30.0 Å². The number of hydrogen-bond donors (Lipinski definition) is 4. The molecule has 120 valence electrons. The van der Waals surface area contributed by atoms with Crippen LogP contribution >= 0.6 is 0 Å². The summed E-state index contributed by atoms with van der Waals surface area (Å²) in [6, 6.07) is 6.93. The van der Waals surface area contributed by atoms with Gasteiger partial charge in [0.05, 0.1) is 11.3 Å². The van der Waals surface area contributed by atoms with E-state index in [1.165, 1.54) is 0 Å². The van der Waals surface area contributed by atoms with Crippen LogP contribution < -0.4 is 16.0 Å². The van der Waals surface area contributed by atoms with Crippen LogP contribution in [0.5, 0.6) is 0 Å². The van der Waals surface area contributed by atoms with Crippen molar-refractivity contribution in [1.82, 2.24) is 20.8 Å². The van der Waals surface area contributed by atoms with Gasteiger partial charge in [-0.1, -0.05) is 12.1 Å². The predicted molar refractivity (Wildman–Crippen MR) is 86.4 cm³/mol. The zero-order valence-corrected chi connectivity index (χ0v) is 12.9. The average Bonchev–Trinajstić information content (AvgIpc) is 2.99. The molecule has 0 unspecified atom stereocenters. The van der Waals surface area contributed by atoms with Crippen LogP contribution in [-0.2, 0) is 13.0 Å². The van der Waals surface area contributed by atoms with E-state index in [1.54, 1.807) is 24.3 Å². The molecule has 1 aromatic carbocycles. The second-order valence-electron chi connectivity index (χ2n) is 5.32. The molecule has 1 aliphatic rings. The van der Waals surface area contributed by atoms with Crippen molar-refractivity contribution >= 4 is 17.5 Å². The number of rotatable bonds is 4. The first kappa shape index (κ1) is 15.2. The molecule has 7 nitrogen and oxygen atoms in total. The lowest BCUT2D eigenvalue weighted by atomic mass is 10.1. The van der Waals surface area contributed by atoms with Crippen LogP contribution in [0.3, 0.4) is 0 Å². The van der Waals surface area contributed by atoms with Gasteiger partial charge in [0.1, 0.15) is 0 Å². The smallest absolute Gasteiger partial charge is 0.276 e. The normalized spacial score (nSPS) is 13.3. The number of carbonyl (C=O) groups is 2. The topological polar surface area (TPSA) is 98.9 Å². The highest BCUT2D eigenvalue weighted by molar-refractivity contribution is 6.08. The van der Waals surface area contributed by atoms with E-state index in [2.05, 4.69) is 26.1 Å².